The fourth-order valence-corrected chi connectivity index (χ4v) is 2.50. The van der Waals surface area contributed by atoms with Crippen molar-refractivity contribution in [3.63, 3.8) is 0 Å². The van der Waals surface area contributed by atoms with Crippen LogP contribution in [-0.2, 0) is 12.0 Å². The van der Waals surface area contributed by atoms with E-state index in [1.807, 2.05) is 12.1 Å². The Kier molecular flexibility index (Phi) is 4.00. The molecule has 1 heterocycles. The summed E-state index contributed by atoms with van der Waals surface area (Å²) in [7, 11) is 0. The summed E-state index contributed by atoms with van der Waals surface area (Å²) in [5.74, 6) is 0.602. The van der Waals surface area contributed by atoms with E-state index in [0.29, 0.717) is 17.9 Å². The molecule has 0 spiro atoms. The fourth-order valence-electron chi connectivity index (χ4n) is 1.57. The van der Waals surface area contributed by atoms with E-state index in [9.17, 15) is 4.79 Å². The van der Waals surface area contributed by atoms with Crippen LogP contribution < -0.4 is 4.74 Å². The number of aromatic nitrogens is 1. The van der Waals surface area contributed by atoms with Crippen molar-refractivity contribution in [1.29, 1.82) is 0 Å². The van der Waals surface area contributed by atoms with Gasteiger partial charge in [-0.25, -0.2) is 4.98 Å². The summed E-state index contributed by atoms with van der Waals surface area (Å²) in [5.41, 5.74) is 1.69. The van der Waals surface area contributed by atoms with Crippen molar-refractivity contribution in [2.45, 2.75) is 32.8 Å². The molecule has 3 nitrogen and oxygen atoms in total. The predicted octanol–water partition coefficient (Wildman–Crippen LogP) is 3.83. The minimum atomic E-state index is 0.0510. The van der Waals surface area contributed by atoms with Crippen molar-refractivity contribution in [1.82, 2.24) is 4.98 Å². The van der Waals surface area contributed by atoms with Crippen LogP contribution in [0.25, 0.3) is 0 Å². The topological polar surface area (TPSA) is 39.2 Å². The number of rotatable bonds is 4. The van der Waals surface area contributed by atoms with Crippen molar-refractivity contribution in [3.05, 3.63) is 45.9 Å². The molecule has 0 N–H and O–H groups in total. The van der Waals surface area contributed by atoms with E-state index < -0.39 is 0 Å². The Labute approximate surface area is 117 Å². The van der Waals surface area contributed by atoms with E-state index in [4.69, 9.17) is 4.74 Å². The van der Waals surface area contributed by atoms with Gasteiger partial charge in [-0.3, -0.25) is 4.79 Å². The van der Waals surface area contributed by atoms with Gasteiger partial charge in [0.2, 0.25) is 0 Å². The molecule has 0 saturated carbocycles. The smallest absolute Gasteiger partial charge is 0.153 e. The van der Waals surface area contributed by atoms with E-state index in [1.54, 1.807) is 23.5 Å². The van der Waals surface area contributed by atoms with Gasteiger partial charge < -0.3 is 4.74 Å². The molecular formula is C15H17NO2S. The normalized spacial score (nSPS) is 11.3. The summed E-state index contributed by atoms with van der Waals surface area (Å²) in [4.78, 5) is 15.4. The molecule has 0 aliphatic carbocycles. The lowest BCUT2D eigenvalue weighted by molar-refractivity contribution is 0.111. The number of hydrogen-bond acceptors (Lipinski definition) is 4. The largest absolute Gasteiger partial charge is 0.486 e. The van der Waals surface area contributed by atoms with Crippen molar-refractivity contribution in [2.24, 2.45) is 0 Å². The van der Waals surface area contributed by atoms with Gasteiger partial charge in [0.1, 0.15) is 17.4 Å². The number of ether oxygens (including phenoxy) is 1. The first-order valence-electron chi connectivity index (χ1n) is 6.12. The first kappa shape index (κ1) is 13.7. The standard InChI is InChI=1S/C15H17NO2S/c1-15(2,3)13-10-19-14(16-13)9-18-12-7-5-4-6-11(12)8-17/h4-8,10H,9H2,1-3H3. The lowest BCUT2D eigenvalue weighted by Crippen LogP contribution is -2.11. The molecule has 0 fully saturated rings. The maximum atomic E-state index is 10.9. The van der Waals surface area contributed by atoms with E-state index in [-0.39, 0.29) is 5.41 Å². The van der Waals surface area contributed by atoms with Gasteiger partial charge in [0, 0.05) is 10.8 Å². The Balaban J connectivity index is 2.07. The molecular weight excluding hydrogens is 258 g/mol. The average Bonchev–Trinajstić information content (AvgIpc) is 2.85. The minimum Gasteiger partial charge on any atom is -0.486 e. The molecule has 2 aromatic rings. The highest BCUT2D eigenvalue weighted by Gasteiger charge is 2.17. The molecule has 0 bridgehead atoms. The number of thiazole rings is 1. The maximum Gasteiger partial charge on any atom is 0.153 e. The average molecular weight is 275 g/mol. The second-order valence-electron chi connectivity index (χ2n) is 5.32. The Morgan fingerprint density at radius 3 is 2.68 bits per heavy atom. The lowest BCUT2D eigenvalue weighted by Gasteiger charge is -2.14. The van der Waals surface area contributed by atoms with Crippen LogP contribution in [0.2, 0.25) is 0 Å². The van der Waals surface area contributed by atoms with Gasteiger partial charge in [0.15, 0.2) is 6.29 Å². The summed E-state index contributed by atoms with van der Waals surface area (Å²) in [6.07, 6.45) is 0.803. The molecule has 2 rings (SSSR count). The van der Waals surface area contributed by atoms with Gasteiger partial charge in [0.25, 0.3) is 0 Å². The summed E-state index contributed by atoms with van der Waals surface area (Å²) < 4.78 is 5.66. The molecule has 4 heteroatoms. The molecule has 0 aliphatic rings. The van der Waals surface area contributed by atoms with E-state index in [1.165, 1.54) is 0 Å². The van der Waals surface area contributed by atoms with Crippen molar-refractivity contribution < 1.29 is 9.53 Å². The number of aldehydes is 1. The lowest BCUT2D eigenvalue weighted by atomic mass is 9.93. The molecule has 0 aliphatic heterocycles. The first-order valence-corrected chi connectivity index (χ1v) is 7.00. The fraction of sp³-hybridized carbons (Fsp3) is 0.333. The second-order valence-corrected chi connectivity index (χ2v) is 6.26. The number of nitrogens with zero attached hydrogens (tertiary/aromatic N) is 1. The number of carbonyl (C=O) groups is 1. The van der Waals surface area contributed by atoms with Crippen LogP contribution in [-0.4, -0.2) is 11.3 Å². The monoisotopic (exact) mass is 275 g/mol. The first-order chi connectivity index (χ1) is 9.00. The number of carbonyl (C=O) groups excluding carboxylic acids is 1. The Morgan fingerprint density at radius 2 is 2.05 bits per heavy atom. The number of hydrogen-bond donors (Lipinski definition) is 0. The van der Waals surface area contributed by atoms with Crippen LogP contribution >= 0.6 is 11.3 Å². The van der Waals surface area contributed by atoms with Crippen LogP contribution in [0.15, 0.2) is 29.6 Å². The zero-order valence-electron chi connectivity index (χ0n) is 11.3. The number of benzene rings is 1. The van der Waals surface area contributed by atoms with Gasteiger partial charge in [-0.2, -0.15) is 0 Å². The highest BCUT2D eigenvalue weighted by Crippen LogP contribution is 2.25. The Morgan fingerprint density at radius 1 is 1.32 bits per heavy atom. The van der Waals surface area contributed by atoms with Gasteiger partial charge in [0.05, 0.1) is 11.3 Å². The molecule has 0 saturated heterocycles. The molecule has 0 radical (unpaired) electrons. The van der Waals surface area contributed by atoms with Crippen LogP contribution in [0, 0.1) is 0 Å². The maximum absolute atomic E-state index is 10.9. The van der Waals surface area contributed by atoms with Crippen molar-refractivity contribution >= 4 is 17.6 Å². The molecule has 1 aromatic heterocycles. The van der Waals surface area contributed by atoms with Crippen LogP contribution in [0.1, 0.15) is 41.8 Å². The number of para-hydroxylation sites is 1. The third kappa shape index (κ3) is 3.41. The minimum absolute atomic E-state index is 0.0510. The summed E-state index contributed by atoms with van der Waals surface area (Å²) in [5, 5.41) is 2.98. The van der Waals surface area contributed by atoms with Gasteiger partial charge in [-0.1, -0.05) is 32.9 Å². The molecule has 19 heavy (non-hydrogen) atoms. The quantitative estimate of drug-likeness (QED) is 0.796. The third-order valence-electron chi connectivity index (χ3n) is 2.72. The van der Waals surface area contributed by atoms with Crippen molar-refractivity contribution in [3.8, 4) is 5.75 Å². The molecule has 0 unspecified atom stereocenters. The van der Waals surface area contributed by atoms with Crippen LogP contribution in [0.4, 0.5) is 0 Å². The van der Waals surface area contributed by atoms with Gasteiger partial charge in [-0.05, 0) is 12.1 Å². The molecule has 0 amide bonds. The van der Waals surface area contributed by atoms with Crippen LogP contribution in [0.3, 0.4) is 0 Å². The van der Waals surface area contributed by atoms with Gasteiger partial charge in [-0.15, -0.1) is 11.3 Å². The summed E-state index contributed by atoms with van der Waals surface area (Å²) in [6.45, 7) is 6.79. The van der Waals surface area contributed by atoms with E-state index in [0.717, 1.165) is 17.0 Å². The highest BCUT2D eigenvalue weighted by molar-refractivity contribution is 7.09. The second kappa shape index (κ2) is 5.53. The van der Waals surface area contributed by atoms with Crippen molar-refractivity contribution in [2.75, 3.05) is 0 Å². The van der Waals surface area contributed by atoms with E-state index in [2.05, 4.69) is 31.1 Å². The SMILES string of the molecule is CC(C)(C)c1csc(COc2ccccc2C=O)n1. The third-order valence-corrected chi connectivity index (χ3v) is 3.54. The highest BCUT2D eigenvalue weighted by atomic mass is 32.1. The Bertz CT molecular complexity index is 570. The van der Waals surface area contributed by atoms with Gasteiger partial charge >= 0.3 is 0 Å². The Hall–Kier alpha value is -1.68. The molecule has 0 atom stereocenters. The summed E-state index contributed by atoms with van der Waals surface area (Å²) >= 11 is 1.58. The van der Waals surface area contributed by atoms with Crippen LogP contribution in [0.5, 0.6) is 5.75 Å². The molecule has 1 aromatic carbocycles. The zero-order chi connectivity index (χ0) is 13.9. The van der Waals surface area contributed by atoms with E-state index >= 15 is 0 Å². The summed E-state index contributed by atoms with van der Waals surface area (Å²) in [6, 6.07) is 7.20. The predicted molar refractivity (Wildman–Crippen MR) is 77.0 cm³/mol. The zero-order valence-corrected chi connectivity index (χ0v) is 12.2. The molecule has 100 valence electrons.